The molecule has 0 saturated carbocycles. The number of oxazole rings is 1. The molecule has 6 nitrogen and oxygen atoms in total. The number of aryl methyl sites for hydroxylation is 2. The molecular formula is C24H28N2O4. The van der Waals surface area contributed by atoms with Gasteiger partial charge in [-0.1, -0.05) is 42.7 Å². The highest BCUT2D eigenvalue weighted by molar-refractivity contribution is 5.74. The second kappa shape index (κ2) is 11.6. The summed E-state index contributed by atoms with van der Waals surface area (Å²) in [5, 5.41) is 9.43. The van der Waals surface area contributed by atoms with Crippen LogP contribution in [-0.2, 0) is 16.0 Å². The van der Waals surface area contributed by atoms with Crippen LogP contribution in [0.5, 0.6) is 0 Å². The number of likely N-dealkylation sites (N-methyl/N-ethyl adjacent to an activating group) is 1. The number of ether oxygens (including phenoxy) is 1. The van der Waals surface area contributed by atoms with E-state index in [0.29, 0.717) is 18.7 Å². The molecule has 2 atom stereocenters. The second-order valence-electron chi connectivity index (χ2n) is 6.77. The van der Waals surface area contributed by atoms with Crippen LogP contribution in [0.25, 0.3) is 11.5 Å². The standard InChI is InChI=1S/C24H28N2O4/c1-5-6-17-26(3)22(24(27)28)14-10-13-20(29-4)15-16-21-18(2)30-23(25-21)19-11-8-7-9-12-19/h5-9,11-12,17,20,22H,1,14-16H2,2-4H3,(H,27,28)/b17-6-. The Morgan fingerprint density at radius 3 is 2.77 bits per heavy atom. The van der Waals surface area contributed by atoms with Crippen molar-refractivity contribution in [3.8, 4) is 23.3 Å². The summed E-state index contributed by atoms with van der Waals surface area (Å²) in [6, 6.07) is 9.01. The number of allylic oxidation sites excluding steroid dienone is 2. The number of benzene rings is 1. The minimum absolute atomic E-state index is 0.189. The van der Waals surface area contributed by atoms with Crippen LogP contribution in [0.3, 0.4) is 0 Å². The number of rotatable bonds is 10. The predicted octanol–water partition coefficient (Wildman–Crippen LogP) is 4.08. The molecule has 2 aromatic rings. The third-order valence-corrected chi connectivity index (χ3v) is 4.63. The van der Waals surface area contributed by atoms with Crippen molar-refractivity contribution in [2.75, 3.05) is 14.2 Å². The number of methoxy groups -OCH3 is 1. The molecule has 1 aromatic carbocycles. The Morgan fingerprint density at radius 2 is 2.13 bits per heavy atom. The zero-order valence-corrected chi connectivity index (χ0v) is 17.7. The number of aromatic nitrogens is 1. The molecule has 6 heteroatoms. The molecule has 0 fully saturated rings. The molecule has 1 aromatic heterocycles. The molecule has 0 saturated heterocycles. The van der Waals surface area contributed by atoms with Gasteiger partial charge in [0.05, 0.1) is 5.69 Å². The molecule has 0 radical (unpaired) electrons. The first-order valence-corrected chi connectivity index (χ1v) is 9.73. The third kappa shape index (κ3) is 6.64. The number of aliphatic carboxylic acids is 1. The van der Waals surface area contributed by atoms with E-state index < -0.39 is 12.0 Å². The molecule has 2 unspecified atom stereocenters. The van der Waals surface area contributed by atoms with Crippen LogP contribution in [0.2, 0.25) is 0 Å². The molecule has 158 valence electrons. The zero-order valence-electron chi connectivity index (χ0n) is 17.7. The minimum Gasteiger partial charge on any atom is -0.480 e. The summed E-state index contributed by atoms with van der Waals surface area (Å²) in [4.78, 5) is 17.7. The predicted molar refractivity (Wildman–Crippen MR) is 117 cm³/mol. The van der Waals surface area contributed by atoms with E-state index in [4.69, 9.17) is 9.15 Å². The molecule has 0 spiro atoms. The van der Waals surface area contributed by atoms with Crippen molar-refractivity contribution < 1.29 is 19.1 Å². The normalized spacial score (nSPS) is 12.8. The lowest BCUT2D eigenvalue weighted by Crippen LogP contribution is -2.34. The second-order valence-corrected chi connectivity index (χ2v) is 6.77. The lowest BCUT2D eigenvalue weighted by molar-refractivity contribution is -0.141. The maximum absolute atomic E-state index is 11.5. The van der Waals surface area contributed by atoms with Crippen molar-refractivity contribution in [1.82, 2.24) is 9.88 Å². The van der Waals surface area contributed by atoms with E-state index in [1.54, 1.807) is 37.4 Å². The third-order valence-electron chi connectivity index (χ3n) is 4.63. The van der Waals surface area contributed by atoms with Crippen LogP contribution in [0.4, 0.5) is 0 Å². The molecule has 0 aliphatic heterocycles. The number of carboxylic acid groups (broad SMARTS) is 1. The smallest absolute Gasteiger partial charge is 0.327 e. The van der Waals surface area contributed by atoms with Gasteiger partial charge in [-0.05, 0) is 44.2 Å². The van der Waals surface area contributed by atoms with Gasteiger partial charge in [0.1, 0.15) is 17.9 Å². The van der Waals surface area contributed by atoms with Gasteiger partial charge in [-0.15, -0.1) is 0 Å². The van der Waals surface area contributed by atoms with Gasteiger partial charge in [0, 0.05) is 26.1 Å². The Kier molecular flexibility index (Phi) is 8.92. The fourth-order valence-electron chi connectivity index (χ4n) is 2.86. The van der Waals surface area contributed by atoms with Gasteiger partial charge in [0.2, 0.25) is 5.89 Å². The summed E-state index contributed by atoms with van der Waals surface area (Å²) in [7, 11) is 3.30. The van der Waals surface area contributed by atoms with Crippen molar-refractivity contribution in [3.05, 3.63) is 66.7 Å². The van der Waals surface area contributed by atoms with E-state index in [9.17, 15) is 9.90 Å². The first kappa shape index (κ1) is 23.0. The van der Waals surface area contributed by atoms with Crippen molar-refractivity contribution in [2.45, 2.75) is 38.3 Å². The van der Waals surface area contributed by atoms with Crippen LogP contribution >= 0.6 is 0 Å². The monoisotopic (exact) mass is 408 g/mol. The van der Waals surface area contributed by atoms with E-state index in [1.807, 2.05) is 37.3 Å². The van der Waals surface area contributed by atoms with Gasteiger partial charge in [-0.3, -0.25) is 0 Å². The summed E-state index contributed by atoms with van der Waals surface area (Å²) >= 11 is 0. The maximum atomic E-state index is 11.5. The molecule has 1 heterocycles. The molecule has 2 rings (SSSR count). The highest BCUT2D eigenvalue weighted by Gasteiger charge is 2.19. The number of hydrogen-bond acceptors (Lipinski definition) is 5. The topological polar surface area (TPSA) is 75.8 Å². The Hall–Kier alpha value is -3.30. The lowest BCUT2D eigenvalue weighted by Gasteiger charge is -2.20. The number of hydrogen-bond donors (Lipinski definition) is 1. The fraction of sp³-hybridized carbons (Fsp3) is 0.333. The SMILES string of the molecule is C=C/C=C\N(C)C(CC#CC(CCc1nc(-c2ccccc2)oc1C)OC)C(=O)O. The van der Waals surface area contributed by atoms with Gasteiger partial charge in [0.15, 0.2) is 0 Å². The van der Waals surface area contributed by atoms with Crippen LogP contribution in [0, 0.1) is 18.8 Å². The molecule has 1 N–H and O–H groups in total. The molecular weight excluding hydrogens is 380 g/mol. The minimum atomic E-state index is -0.929. The van der Waals surface area contributed by atoms with Crippen LogP contribution in [-0.4, -0.2) is 47.3 Å². The Morgan fingerprint density at radius 1 is 1.40 bits per heavy atom. The maximum Gasteiger partial charge on any atom is 0.327 e. The first-order valence-electron chi connectivity index (χ1n) is 9.73. The van der Waals surface area contributed by atoms with Crippen LogP contribution in [0.15, 0.2) is 59.7 Å². The fourth-order valence-corrected chi connectivity index (χ4v) is 2.86. The van der Waals surface area contributed by atoms with E-state index in [-0.39, 0.29) is 12.5 Å². The van der Waals surface area contributed by atoms with Gasteiger partial charge < -0.3 is 19.2 Å². The molecule has 0 amide bonds. The largest absolute Gasteiger partial charge is 0.480 e. The van der Waals surface area contributed by atoms with Crippen molar-refractivity contribution in [2.24, 2.45) is 0 Å². The summed E-state index contributed by atoms with van der Waals surface area (Å²) in [6.07, 6.45) is 6.11. The summed E-state index contributed by atoms with van der Waals surface area (Å²) in [6.45, 7) is 5.48. The Bertz CT molecular complexity index is 922. The number of nitrogens with zero attached hydrogens (tertiary/aromatic N) is 2. The van der Waals surface area contributed by atoms with Gasteiger partial charge >= 0.3 is 5.97 Å². The average Bonchev–Trinajstić information content (AvgIpc) is 3.12. The first-order chi connectivity index (χ1) is 14.5. The van der Waals surface area contributed by atoms with Gasteiger partial charge in [0.25, 0.3) is 0 Å². The Labute approximate surface area is 177 Å². The van der Waals surface area contributed by atoms with Crippen LogP contribution in [0.1, 0.15) is 24.3 Å². The quantitative estimate of drug-likeness (QED) is 0.472. The average molecular weight is 408 g/mol. The van der Waals surface area contributed by atoms with E-state index >= 15 is 0 Å². The zero-order chi connectivity index (χ0) is 21.9. The summed E-state index contributed by atoms with van der Waals surface area (Å²) in [5.74, 6) is 6.43. The number of carbonyl (C=O) groups is 1. The van der Waals surface area contributed by atoms with Gasteiger partial charge in [-0.25, -0.2) is 9.78 Å². The van der Waals surface area contributed by atoms with Crippen LogP contribution < -0.4 is 0 Å². The summed E-state index contributed by atoms with van der Waals surface area (Å²) in [5.41, 5.74) is 1.81. The lowest BCUT2D eigenvalue weighted by atomic mass is 10.1. The van der Waals surface area contributed by atoms with E-state index in [0.717, 1.165) is 17.0 Å². The highest BCUT2D eigenvalue weighted by Crippen LogP contribution is 2.22. The van der Waals surface area contributed by atoms with E-state index in [1.165, 1.54) is 0 Å². The molecule has 0 aliphatic rings. The molecule has 0 bridgehead atoms. The van der Waals surface area contributed by atoms with Gasteiger partial charge in [-0.2, -0.15) is 0 Å². The van der Waals surface area contributed by atoms with E-state index in [2.05, 4.69) is 23.4 Å². The number of carboxylic acids is 1. The van der Waals surface area contributed by atoms with Crippen molar-refractivity contribution in [1.29, 1.82) is 0 Å². The molecule has 30 heavy (non-hydrogen) atoms. The Balaban J connectivity index is 1.98. The highest BCUT2D eigenvalue weighted by atomic mass is 16.5. The van der Waals surface area contributed by atoms with Crippen molar-refractivity contribution in [3.63, 3.8) is 0 Å². The molecule has 0 aliphatic carbocycles. The van der Waals surface area contributed by atoms with Crippen molar-refractivity contribution >= 4 is 5.97 Å². The summed E-state index contributed by atoms with van der Waals surface area (Å²) < 4.78 is 11.2.